The fourth-order valence-corrected chi connectivity index (χ4v) is 3.68. The Labute approximate surface area is 127 Å². The number of aromatic nitrogens is 2. The number of carbonyl (C=O) groups is 1. The average Bonchev–Trinajstić information content (AvgIpc) is 2.86. The van der Waals surface area contributed by atoms with Crippen LogP contribution >= 0.6 is 11.8 Å². The number of nitrogens with zero attached hydrogens (tertiary/aromatic N) is 2. The van der Waals surface area contributed by atoms with Gasteiger partial charge < -0.3 is 10.4 Å². The Bertz CT molecular complexity index is 647. The van der Waals surface area contributed by atoms with E-state index >= 15 is 0 Å². The van der Waals surface area contributed by atoms with Gasteiger partial charge in [-0.3, -0.25) is 4.40 Å². The molecule has 1 fully saturated rings. The molecule has 2 aromatic heterocycles. The van der Waals surface area contributed by atoms with Gasteiger partial charge in [-0.2, -0.15) is 11.8 Å². The molecule has 1 saturated carbocycles. The quantitative estimate of drug-likeness (QED) is 0.908. The fourth-order valence-electron chi connectivity index (χ4n) is 2.94. The molecule has 0 spiro atoms. The molecule has 1 aliphatic carbocycles. The smallest absolute Gasteiger partial charge is 0.356 e. The summed E-state index contributed by atoms with van der Waals surface area (Å²) in [5, 5.41) is 13.5. The molecule has 21 heavy (non-hydrogen) atoms. The van der Waals surface area contributed by atoms with Gasteiger partial charge in [0, 0.05) is 17.5 Å². The summed E-state index contributed by atoms with van der Waals surface area (Å²) in [6.45, 7) is 0. The van der Waals surface area contributed by atoms with Crippen LogP contribution in [0.5, 0.6) is 0 Å². The summed E-state index contributed by atoms with van der Waals surface area (Å²) in [5.41, 5.74) is 0.882. The number of imidazole rings is 1. The highest BCUT2D eigenvalue weighted by Gasteiger charge is 2.24. The predicted octanol–water partition coefficient (Wildman–Crippen LogP) is 3.12. The second-order valence-electron chi connectivity index (χ2n) is 5.40. The Kier molecular flexibility index (Phi) is 4.05. The molecule has 0 aromatic carbocycles. The molecule has 1 aliphatic rings. The largest absolute Gasteiger partial charge is 0.476 e. The summed E-state index contributed by atoms with van der Waals surface area (Å²) in [7, 11) is 0. The van der Waals surface area contributed by atoms with Crippen LogP contribution in [0.1, 0.15) is 36.2 Å². The molecule has 0 unspecified atom stereocenters. The Hall–Kier alpha value is -1.69. The molecular weight excluding hydrogens is 286 g/mol. The highest BCUT2D eigenvalue weighted by molar-refractivity contribution is 7.99. The third-order valence-corrected chi connectivity index (χ3v) is 5.22. The SMILES string of the molecule is CSC1CCC(Nc2nc3ccccn3c2C(=O)O)CC1. The van der Waals surface area contributed by atoms with Crippen LogP contribution in [0.2, 0.25) is 0 Å². The van der Waals surface area contributed by atoms with Crippen molar-refractivity contribution in [3.63, 3.8) is 0 Å². The standard InChI is InChI=1S/C15H19N3O2S/c1-21-11-7-5-10(6-8-11)16-14-13(15(19)20)18-9-3-2-4-12(18)17-14/h2-4,9-11,16H,5-8H2,1H3,(H,19,20). The van der Waals surface area contributed by atoms with E-state index in [9.17, 15) is 9.90 Å². The Morgan fingerprint density at radius 3 is 2.81 bits per heavy atom. The maximum absolute atomic E-state index is 11.5. The first-order valence-electron chi connectivity index (χ1n) is 7.18. The molecular formula is C15H19N3O2S. The molecule has 0 aliphatic heterocycles. The monoisotopic (exact) mass is 305 g/mol. The number of aromatic carboxylic acids is 1. The predicted molar refractivity (Wildman–Crippen MR) is 85.3 cm³/mol. The zero-order valence-electron chi connectivity index (χ0n) is 12.0. The fraction of sp³-hybridized carbons (Fsp3) is 0.467. The third-order valence-electron chi connectivity index (χ3n) is 4.08. The molecule has 2 N–H and O–H groups in total. The van der Waals surface area contributed by atoms with Crippen molar-refractivity contribution in [2.45, 2.75) is 37.0 Å². The Morgan fingerprint density at radius 1 is 1.38 bits per heavy atom. The highest BCUT2D eigenvalue weighted by atomic mass is 32.2. The second-order valence-corrected chi connectivity index (χ2v) is 6.53. The molecule has 0 radical (unpaired) electrons. The molecule has 0 saturated heterocycles. The third kappa shape index (κ3) is 2.85. The van der Waals surface area contributed by atoms with Crippen LogP contribution in [-0.2, 0) is 0 Å². The van der Waals surface area contributed by atoms with Gasteiger partial charge in [-0.15, -0.1) is 0 Å². The number of rotatable bonds is 4. The van der Waals surface area contributed by atoms with Gasteiger partial charge in [0.1, 0.15) is 5.65 Å². The number of pyridine rings is 1. The van der Waals surface area contributed by atoms with Gasteiger partial charge in [0.05, 0.1) is 0 Å². The van der Waals surface area contributed by atoms with Gasteiger partial charge in [-0.25, -0.2) is 9.78 Å². The molecule has 2 aromatic rings. The van der Waals surface area contributed by atoms with Crippen molar-refractivity contribution in [2.24, 2.45) is 0 Å². The molecule has 6 heteroatoms. The molecule has 112 valence electrons. The van der Waals surface area contributed by atoms with Crippen LogP contribution in [0.15, 0.2) is 24.4 Å². The number of anilines is 1. The van der Waals surface area contributed by atoms with Gasteiger partial charge in [0.25, 0.3) is 0 Å². The van der Waals surface area contributed by atoms with Crippen molar-refractivity contribution < 1.29 is 9.90 Å². The summed E-state index contributed by atoms with van der Waals surface area (Å²) < 4.78 is 1.62. The summed E-state index contributed by atoms with van der Waals surface area (Å²) >= 11 is 1.92. The van der Waals surface area contributed by atoms with E-state index in [1.54, 1.807) is 10.6 Å². The van der Waals surface area contributed by atoms with Gasteiger partial charge in [-0.1, -0.05) is 6.07 Å². The van der Waals surface area contributed by atoms with E-state index in [1.165, 1.54) is 12.8 Å². The first-order chi connectivity index (χ1) is 10.2. The van der Waals surface area contributed by atoms with Gasteiger partial charge in [0.2, 0.25) is 0 Å². The number of hydrogen-bond donors (Lipinski definition) is 2. The van der Waals surface area contributed by atoms with Gasteiger partial charge in [0.15, 0.2) is 11.5 Å². The van der Waals surface area contributed by atoms with E-state index in [2.05, 4.69) is 16.6 Å². The summed E-state index contributed by atoms with van der Waals surface area (Å²) in [6, 6.07) is 5.81. The average molecular weight is 305 g/mol. The summed E-state index contributed by atoms with van der Waals surface area (Å²) in [6.07, 6.45) is 8.38. The zero-order chi connectivity index (χ0) is 14.8. The minimum Gasteiger partial charge on any atom is -0.476 e. The number of hydrogen-bond acceptors (Lipinski definition) is 4. The first-order valence-corrected chi connectivity index (χ1v) is 8.47. The number of carboxylic acid groups (broad SMARTS) is 1. The molecule has 0 bridgehead atoms. The molecule has 3 rings (SSSR count). The van der Waals surface area contributed by atoms with Crippen molar-refractivity contribution in [1.82, 2.24) is 9.38 Å². The number of nitrogens with one attached hydrogen (secondary N) is 1. The van der Waals surface area contributed by atoms with E-state index in [1.807, 2.05) is 30.0 Å². The summed E-state index contributed by atoms with van der Waals surface area (Å²) in [4.78, 5) is 16.0. The van der Waals surface area contributed by atoms with Gasteiger partial charge in [-0.05, 0) is 44.1 Å². The van der Waals surface area contributed by atoms with Crippen LogP contribution < -0.4 is 5.32 Å². The Balaban J connectivity index is 1.84. The minimum absolute atomic E-state index is 0.220. The van der Waals surface area contributed by atoms with Gasteiger partial charge >= 0.3 is 5.97 Å². The Morgan fingerprint density at radius 2 is 2.14 bits per heavy atom. The molecule has 5 nitrogen and oxygen atoms in total. The summed E-state index contributed by atoms with van der Waals surface area (Å²) in [5.74, 6) is -0.463. The number of fused-ring (bicyclic) bond motifs is 1. The van der Waals surface area contributed by atoms with E-state index in [4.69, 9.17) is 0 Å². The van der Waals surface area contributed by atoms with E-state index < -0.39 is 5.97 Å². The normalized spacial score (nSPS) is 22.3. The highest BCUT2D eigenvalue weighted by Crippen LogP contribution is 2.29. The maximum Gasteiger partial charge on any atom is 0.356 e. The van der Waals surface area contributed by atoms with Crippen LogP contribution in [-0.4, -0.2) is 38.0 Å². The molecule has 0 atom stereocenters. The van der Waals surface area contributed by atoms with Crippen molar-refractivity contribution in [3.8, 4) is 0 Å². The lowest BCUT2D eigenvalue weighted by molar-refractivity contribution is 0.0690. The lowest BCUT2D eigenvalue weighted by atomic mass is 9.95. The molecule has 0 amide bonds. The van der Waals surface area contributed by atoms with Crippen molar-refractivity contribution in [1.29, 1.82) is 0 Å². The first kappa shape index (κ1) is 14.3. The van der Waals surface area contributed by atoms with E-state index in [0.717, 1.165) is 18.1 Å². The molecule has 2 heterocycles. The van der Waals surface area contributed by atoms with Crippen LogP contribution in [0.4, 0.5) is 5.82 Å². The van der Waals surface area contributed by atoms with Crippen molar-refractivity contribution in [3.05, 3.63) is 30.1 Å². The van der Waals surface area contributed by atoms with Crippen molar-refractivity contribution in [2.75, 3.05) is 11.6 Å². The number of thioether (sulfide) groups is 1. The topological polar surface area (TPSA) is 66.6 Å². The maximum atomic E-state index is 11.5. The lowest BCUT2D eigenvalue weighted by Crippen LogP contribution is -2.28. The van der Waals surface area contributed by atoms with Crippen LogP contribution in [0.3, 0.4) is 0 Å². The minimum atomic E-state index is -0.950. The lowest BCUT2D eigenvalue weighted by Gasteiger charge is -2.28. The van der Waals surface area contributed by atoms with Crippen LogP contribution in [0, 0.1) is 0 Å². The zero-order valence-corrected chi connectivity index (χ0v) is 12.8. The van der Waals surface area contributed by atoms with Crippen molar-refractivity contribution >= 4 is 29.2 Å². The van der Waals surface area contributed by atoms with E-state index in [-0.39, 0.29) is 5.69 Å². The second kappa shape index (κ2) is 5.97. The van der Waals surface area contributed by atoms with Crippen LogP contribution in [0.25, 0.3) is 5.65 Å². The van der Waals surface area contributed by atoms with E-state index in [0.29, 0.717) is 17.5 Å². The number of carboxylic acids is 1.